The van der Waals surface area contributed by atoms with E-state index in [1.165, 1.54) is 48.1 Å². The lowest BCUT2D eigenvalue weighted by atomic mass is 9.70. The third-order valence-electron chi connectivity index (χ3n) is 12.2. The Hall–Kier alpha value is -3.30. The van der Waals surface area contributed by atoms with E-state index in [9.17, 15) is 9.90 Å². The molecule has 0 amide bonds. The van der Waals surface area contributed by atoms with Crippen molar-refractivity contribution in [3.8, 4) is 0 Å². The number of rotatable bonds is 12. The number of carboxylic acids is 1. The van der Waals surface area contributed by atoms with Gasteiger partial charge in [-0.25, -0.2) is 9.97 Å². The average Bonchev–Trinajstić information content (AvgIpc) is 3.81. The SMILES string of the molecule is CC[C@@H](NCc1nc2c(c(N[C@@H](CN3C4CCC3CC4)c3cnn(C)c3)n1)C[C@](C)(c1ccccc1)CC2)C1CCC(C(=O)O)CC1. The number of fused-ring (bicyclic) bond motifs is 3. The summed E-state index contributed by atoms with van der Waals surface area (Å²) in [5.41, 5.74) is 5.03. The second-order valence-corrected chi connectivity index (χ2v) is 15.2. The van der Waals surface area contributed by atoms with Gasteiger partial charge in [0.15, 0.2) is 0 Å². The molecule has 2 bridgehead atoms. The van der Waals surface area contributed by atoms with Crippen molar-refractivity contribution in [2.75, 3.05) is 11.9 Å². The molecule has 1 aromatic carbocycles. The van der Waals surface area contributed by atoms with Gasteiger partial charge in [-0.3, -0.25) is 14.4 Å². The van der Waals surface area contributed by atoms with E-state index in [4.69, 9.17) is 9.97 Å². The van der Waals surface area contributed by atoms with Gasteiger partial charge in [0.2, 0.25) is 0 Å². The van der Waals surface area contributed by atoms with E-state index >= 15 is 0 Å². The fourth-order valence-corrected chi connectivity index (χ4v) is 9.32. The van der Waals surface area contributed by atoms with Crippen LogP contribution in [-0.2, 0) is 36.6 Å². The monoisotopic (exact) mass is 639 g/mol. The second kappa shape index (κ2) is 13.7. The summed E-state index contributed by atoms with van der Waals surface area (Å²) in [7, 11) is 2.00. The smallest absolute Gasteiger partial charge is 0.306 e. The van der Waals surface area contributed by atoms with E-state index in [0.717, 1.165) is 69.6 Å². The first-order chi connectivity index (χ1) is 22.8. The van der Waals surface area contributed by atoms with Gasteiger partial charge >= 0.3 is 5.97 Å². The molecule has 252 valence electrons. The van der Waals surface area contributed by atoms with Gasteiger partial charge in [-0.1, -0.05) is 44.2 Å². The number of benzene rings is 1. The molecule has 4 heterocycles. The molecule has 3 fully saturated rings. The molecule has 1 saturated carbocycles. The number of anilines is 1. The van der Waals surface area contributed by atoms with Gasteiger partial charge in [-0.05, 0) is 93.9 Å². The predicted molar refractivity (Wildman–Crippen MR) is 184 cm³/mol. The van der Waals surface area contributed by atoms with Gasteiger partial charge in [-0.15, -0.1) is 0 Å². The van der Waals surface area contributed by atoms with E-state index in [2.05, 4.69) is 71.0 Å². The summed E-state index contributed by atoms with van der Waals surface area (Å²) in [4.78, 5) is 24.8. The summed E-state index contributed by atoms with van der Waals surface area (Å²) in [6.45, 7) is 6.20. The highest BCUT2D eigenvalue weighted by Crippen LogP contribution is 2.42. The zero-order valence-corrected chi connectivity index (χ0v) is 28.5. The minimum absolute atomic E-state index is 0.0216. The maximum absolute atomic E-state index is 11.5. The number of carbonyl (C=O) groups is 1. The van der Waals surface area contributed by atoms with Crippen LogP contribution in [0.2, 0.25) is 0 Å². The van der Waals surface area contributed by atoms with Gasteiger partial charge in [0, 0.05) is 54.7 Å². The van der Waals surface area contributed by atoms with Crippen molar-refractivity contribution in [2.24, 2.45) is 18.9 Å². The van der Waals surface area contributed by atoms with Crippen molar-refractivity contribution in [1.29, 1.82) is 0 Å². The van der Waals surface area contributed by atoms with Crippen LogP contribution in [0.3, 0.4) is 0 Å². The average molecular weight is 640 g/mol. The summed E-state index contributed by atoms with van der Waals surface area (Å²) < 4.78 is 1.91. The van der Waals surface area contributed by atoms with E-state index in [1.807, 2.05) is 17.9 Å². The number of carboxylic acid groups (broad SMARTS) is 1. The van der Waals surface area contributed by atoms with Crippen LogP contribution >= 0.6 is 0 Å². The van der Waals surface area contributed by atoms with Crippen molar-refractivity contribution < 1.29 is 9.90 Å². The number of nitrogens with zero attached hydrogens (tertiary/aromatic N) is 5. The van der Waals surface area contributed by atoms with Gasteiger partial charge < -0.3 is 15.7 Å². The van der Waals surface area contributed by atoms with Crippen LogP contribution in [0, 0.1) is 11.8 Å². The largest absolute Gasteiger partial charge is 0.481 e. The summed E-state index contributed by atoms with van der Waals surface area (Å²) >= 11 is 0. The predicted octanol–water partition coefficient (Wildman–Crippen LogP) is 6.20. The Morgan fingerprint density at radius 3 is 2.40 bits per heavy atom. The quantitative estimate of drug-likeness (QED) is 0.215. The normalized spacial score (nSPS) is 28.6. The van der Waals surface area contributed by atoms with Crippen LogP contribution in [-0.4, -0.2) is 60.4 Å². The molecule has 0 spiro atoms. The van der Waals surface area contributed by atoms with Crippen LogP contribution in [0.25, 0.3) is 0 Å². The number of aryl methyl sites for hydroxylation is 2. The second-order valence-electron chi connectivity index (χ2n) is 15.2. The first kappa shape index (κ1) is 32.3. The van der Waals surface area contributed by atoms with Crippen molar-refractivity contribution in [1.82, 2.24) is 30.0 Å². The minimum Gasteiger partial charge on any atom is -0.481 e. The van der Waals surface area contributed by atoms with Gasteiger partial charge in [0.1, 0.15) is 11.6 Å². The molecule has 9 heteroatoms. The molecule has 2 aliphatic carbocycles. The Kier molecular flexibility index (Phi) is 9.38. The molecule has 2 aromatic heterocycles. The first-order valence-electron chi connectivity index (χ1n) is 18.2. The molecule has 3 aromatic rings. The maximum atomic E-state index is 11.5. The number of nitrogens with one attached hydrogen (secondary N) is 2. The van der Waals surface area contributed by atoms with Crippen LogP contribution in [0.4, 0.5) is 5.82 Å². The number of hydrogen-bond acceptors (Lipinski definition) is 7. The summed E-state index contributed by atoms with van der Waals surface area (Å²) in [5.74, 6) is 1.48. The Labute approximate surface area is 280 Å². The van der Waals surface area contributed by atoms with Gasteiger partial charge in [0.25, 0.3) is 0 Å². The molecule has 0 radical (unpaired) electrons. The summed E-state index contributed by atoms with van der Waals surface area (Å²) in [6, 6.07) is 12.8. The molecule has 9 nitrogen and oxygen atoms in total. The standard InChI is InChI=1S/C38H53N7O2/c1-4-32(25-10-12-26(13-11-25)37(46)47)39-22-35-41-33-18-19-38(2,28-8-6-5-7-9-28)20-31(33)36(43-35)42-34(27-21-40-44(3)23-27)24-45-29-14-15-30(45)17-16-29/h5-9,21,23,25-26,29-30,32,34,39H,4,10-20,22,24H2,1-3H3,(H,46,47)(H,41,42,43)/t25?,26?,29?,30?,32-,34+,38-/m1/s1. The molecular weight excluding hydrogens is 586 g/mol. The van der Waals surface area contributed by atoms with Crippen molar-refractivity contribution in [2.45, 2.75) is 127 Å². The Morgan fingerprint density at radius 1 is 1.04 bits per heavy atom. The topological polar surface area (TPSA) is 108 Å². The van der Waals surface area contributed by atoms with Crippen LogP contribution in [0.1, 0.15) is 112 Å². The fraction of sp³-hybridized carbons (Fsp3) is 0.632. The van der Waals surface area contributed by atoms with Crippen molar-refractivity contribution in [3.05, 3.63) is 70.9 Å². The van der Waals surface area contributed by atoms with Crippen LogP contribution in [0.5, 0.6) is 0 Å². The van der Waals surface area contributed by atoms with E-state index in [0.29, 0.717) is 30.6 Å². The molecule has 7 rings (SSSR count). The molecule has 2 aliphatic heterocycles. The lowest BCUT2D eigenvalue weighted by molar-refractivity contribution is -0.143. The first-order valence-corrected chi connectivity index (χ1v) is 18.2. The molecular formula is C38H53N7O2. The number of aliphatic carboxylic acids is 1. The maximum Gasteiger partial charge on any atom is 0.306 e. The van der Waals surface area contributed by atoms with Crippen LogP contribution < -0.4 is 10.6 Å². The lowest BCUT2D eigenvalue weighted by Gasteiger charge is -2.37. The molecule has 4 aliphatic rings. The third kappa shape index (κ3) is 6.84. The Morgan fingerprint density at radius 2 is 1.77 bits per heavy atom. The minimum atomic E-state index is -0.641. The Bertz CT molecular complexity index is 1510. The van der Waals surface area contributed by atoms with Gasteiger partial charge in [0.05, 0.1) is 24.7 Å². The highest BCUT2D eigenvalue weighted by Gasteiger charge is 2.41. The van der Waals surface area contributed by atoms with E-state index in [1.54, 1.807) is 0 Å². The molecule has 2 saturated heterocycles. The zero-order valence-electron chi connectivity index (χ0n) is 28.5. The molecule has 3 N–H and O–H groups in total. The van der Waals surface area contributed by atoms with Crippen molar-refractivity contribution >= 4 is 11.8 Å². The third-order valence-corrected chi connectivity index (χ3v) is 12.2. The Balaban J connectivity index is 1.17. The fourth-order valence-electron chi connectivity index (χ4n) is 9.32. The highest BCUT2D eigenvalue weighted by molar-refractivity contribution is 5.70. The highest BCUT2D eigenvalue weighted by atomic mass is 16.4. The van der Waals surface area contributed by atoms with E-state index < -0.39 is 5.97 Å². The summed E-state index contributed by atoms with van der Waals surface area (Å²) in [6.07, 6.45) is 16.8. The van der Waals surface area contributed by atoms with Crippen molar-refractivity contribution in [3.63, 3.8) is 0 Å². The molecule has 0 unspecified atom stereocenters. The lowest BCUT2D eigenvalue weighted by Crippen LogP contribution is -2.39. The van der Waals surface area contributed by atoms with Crippen LogP contribution in [0.15, 0.2) is 42.7 Å². The summed E-state index contributed by atoms with van der Waals surface area (Å²) in [5, 5.41) is 21.9. The zero-order chi connectivity index (χ0) is 32.5. The van der Waals surface area contributed by atoms with Gasteiger partial charge in [-0.2, -0.15) is 5.10 Å². The molecule has 47 heavy (non-hydrogen) atoms. The number of aromatic nitrogens is 4. The number of hydrogen-bond donors (Lipinski definition) is 3. The van der Waals surface area contributed by atoms with E-state index in [-0.39, 0.29) is 17.4 Å². The molecule has 3 atom stereocenters.